The van der Waals surface area contributed by atoms with Crippen LogP contribution in [0.2, 0.25) is 0 Å². The lowest BCUT2D eigenvalue weighted by Gasteiger charge is -2.19. The van der Waals surface area contributed by atoms with E-state index in [2.05, 4.69) is 21.0 Å². The van der Waals surface area contributed by atoms with Crippen molar-refractivity contribution < 1.29 is 19.1 Å². The molecule has 9 nitrogen and oxygen atoms in total. The van der Waals surface area contributed by atoms with Gasteiger partial charge in [0.2, 0.25) is 0 Å². The van der Waals surface area contributed by atoms with Gasteiger partial charge in [-0.15, -0.1) is 0 Å². The van der Waals surface area contributed by atoms with Crippen LogP contribution in [-0.2, 0) is 11.3 Å². The van der Waals surface area contributed by atoms with Crippen LogP contribution in [0.1, 0.15) is 38.2 Å². The summed E-state index contributed by atoms with van der Waals surface area (Å²) in [5.74, 6) is 0.0616. The number of Topliss-reactive ketones (excluding diaryl/α,β-unsaturated/α-hetero) is 1. The fraction of sp³-hybridized carbons (Fsp3) is 0.571. The van der Waals surface area contributed by atoms with Gasteiger partial charge in [0.15, 0.2) is 11.6 Å². The van der Waals surface area contributed by atoms with Gasteiger partial charge in [0, 0.05) is 26.6 Å². The Balaban J connectivity index is 2.66. The van der Waals surface area contributed by atoms with Crippen LogP contribution in [0.5, 0.6) is 0 Å². The highest BCUT2D eigenvalue weighted by atomic mass is 16.6. The van der Waals surface area contributed by atoms with Crippen LogP contribution in [-0.4, -0.2) is 46.9 Å². The molecule has 0 saturated heterocycles. The zero-order valence-electron chi connectivity index (χ0n) is 14.0. The van der Waals surface area contributed by atoms with E-state index in [1.54, 1.807) is 20.8 Å². The minimum absolute atomic E-state index is 0.195. The molecule has 3 amide bonds. The average molecular weight is 325 g/mol. The molecule has 0 saturated carbocycles. The Hall–Kier alpha value is -2.58. The zero-order chi connectivity index (χ0) is 17.6. The molecule has 1 heterocycles. The maximum Gasteiger partial charge on any atom is 0.407 e. The maximum atomic E-state index is 11.6. The van der Waals surface area contributed by atoms with Crippen molar-refractivity contribution in [3.63, 3.8) is 0 Å². The number of nitrogens with one attached hydrogen (secondary N) is 3. The molecule has 1 aromatic rings. The van der Waals surface area contributed by atoms with Crippen molar-refractivity contribution in [2.24, 2.45) is 0 Å². The van der Waals surface area contributed by atoms with Crippen molar-refractivity contribution in [1.29, 1.82) is 0 Å². The van der Waals surface area contributed by atoms with Crippen LogP contribution >= 0.6 is 0 Å². The summed E-state index contributed by atoms with van der Waals surface area (Å²) in [7, 11) is 1.48. The molecule has 0 aromatic carbocycles. The molecule has 0 unspecified atom stereocenters. The molecular weight excluding hydrogens is 302 g/mol. The first-order valence-electron chi connectivity index (χ1n) is 7.16. The number of aromatic nitrogens is 2. The average Bonchev–Trinajstić information content (AvgIpc) is 2.79. The highest BCUT2D eigenvalue weighted by Gasteiger charge is 2.17. The first-order valence-corrected chi connectivity index (χ1v) is 7.16. The molecule has 0 aliphatic rings. The van der Waals surface area contributed by atoms with Gasteiger partial charge in [0.05, 0.1) is 6.54 Å². The number of amides is 3. The number of ketones is 1. The van der Waals surface area contributed by atoms with Crippen molar-refractivity contribution in [2.75, 3.05) is 18.9 Å². The second-order valence-electron chi connectivity index (χ2n) is 5.83. The van der Waals surface area contributed by atoms with Gasteiger partial charge in [-0.2, -0.15) is 5.10 Å². The summed E-state index contributed by atoms with van der Waals surface area (Å²) in [6.45, 7) is 7.21. The Bertz CT molecular complexity index is 588. The van der Waals surface area contributed by atoms with Crippen molar-refractivity contribution in [3.8, 4) is 0 Å². The fourth-order valence-corrected chi connectivity index (χ4v) is 1.69. The number of urea groups is 1. The Labute approximate surface area is 134 Å². The Morgan fingerprint density at radius 2 is 1.96 bits per heavy atom. The van der Waals surface area contributed by atoms with Gasteiger partial charge < -0.3 is 15.4 Å². The van der Waals surface area contributed by atoms with E-state index >= 15 is 0 Å². The first-order chi connectivity index (χ1) is 10.6. The molecule has 1 aromatic heterocycles. The predicted octanol–water partition coefficient (Wildman–Crippen LogP) is 1.36. The number of alkyl carbamates (subject to hydrolysis) is 1. The molecule has 23 heavy (non-hydrogen) atoms. The Morgan fingerprint density at radius 3 is 2.48 bits per heavy atom. The second kappa shape index (κ2) is 7.61. The molecule has 0 aliphatic carbocycles. The monoisotopic (exact) mass is 325 g/mol. The Morgan fingerprint density at radius 1 is 1.30 bits per heavy atom. The standard InChI is InChI=1S/C14H23N5O4/c1-9(20)10-8-11(17-12(21)15-5)18-19(10)7-6-16-13(22)23-14(2,3)4/h8H,6-7H2,1-5H3,(H,16,22)(H2,15,17,18,21). The molecule has 0 aliphatic heterocycles. The van der Waals surface area contributed by atoms with Gasteiger partial charge in [-0.05, 0) is 20.8 Å². The van der Waals surface area contributed by atoms with E-state index in [9.17, 15) is 14.4 Å². The van der Waals surface area contributed by atoms with E-state index < -0.39 is 17.7 Å². The van der Waals surface area contributed by atoms with Crippen molar-refractivity contribution >= 4 is 23.7 Å². The molecular formula is C14H23N5O4. The molecule has 0 radical (unpaired) electrons. The number of rotatable bonds is 5. The number of anilines is 1. The lowest BCUT2D eigenvalue weighted by atomic mass is 10.2. The molecule has 3 N–H and O–H groups in total. The topological polar surface area (TPSA) is 114 Å². The van der Waals surface area contributed by atoms with E-state index in [4.69, 9.17) is 4.74 Å². The molecule has 128 valence electrons. The summed E-state index contributed by atoms with van der Waals surface area (Å²) in [5, 5.41) is 11.6. The molecule has 0 bridgehead atoms. The minimum Gasteiger partial charge on any atom is -0.444 e. The van der Waals surface area contributed by atoms with Crippen molar-refractivity contribution in [3.05, 3.63) is 11.8 Å². The summed E-state index contributed by atoms with van der Waals surface area (Å²) >= 11 is 0. The summed E-state index contributed by atoms with van der Waals surface area (Å²) in [6, 6.07) is 1.04. The number of nitrogens with zero attached hydrogens (tertiary/aromatic N) is 2. The largest absolute Gasteiger partial charge is 0.444 e. The van der Waals surface area contributed by atoms with E-state index in [1.807, 2.05) is 0 Å². The van der Waals surface area contributed by atoms with Crippen LogP contribution in [0.4, 0.5) is 15.4 Å². The van der Waals surface area contributed by atoms with Gasteiger partial charge in [0.25, 0.3) is 0 Å². The van der Waals surface area contributed by atoms with E-state index in [1.165, 1.54) is 24.7 Å². The SMILES string of the molecule is CNC(=O)Nc1cc(C(C)=O)n(CCNC(=O)OC(C)(C)C)n1. The third-order valence-corrected chi connectivity index (χ3v) is 2.60. The van der Waals surface area contributed by atoms with Crippen LogP contribution in [0.25, 0.3) is 0 Å². The van der Waals surface area contributed by atoms with E-state index in [0.29, 0.717) is 5.69 Å². The fourth-order valence-electron chi connectivity index (χ4n) is 1.69. The minimum atomic E-state index is -0.578. The molecule has 0 fully saturated rings. The lowest BCUT2D eigenvalue weighted by Crippen LogP contribution is -2.34. The van der Waals surface area contributed by atoms with Gasteiger partial charge in [-0.3, -0.25) is 14.8 Å². The first kappa shape index (κ1) is 18.5. The Kier molecular flexibility index (Phi) is 6.11. The molecule has 0 spiro atoms. The van der Waals surface area contributed by atoms with Gasteiger partial charge in [-0.1, -0.05) is 0 Å². The van der Waals surface area contributed by atoms with Gasteiger partial charge in [-0.25, -0.2) is 9.59 Å². The van der Waals surface area contributed by atoms with Crippen LogP contribution < -0.4 is 16.0 Å². The molecule has 0 atom stereocenters. The smallest absolute Gasteiger partial charge is 0.407 e. The number of hydrogen-bond donors (Lipinski definition) is 3. The molecule has 9 heteroatoms. The predicted molar refractivity (Wildman–Crippen MR) is 84.5 cm³/mol. The third-order valence-electron chi connectivity index (χ3n) is 2.60. The summed E-state index contributed by atoms with van der Waals surface area (Å²) in [4.78, 5) is 34.5. The summed E-state index contributed by atoms with van der Waals surface area (Å²) < 4.78 is 6.54. The van der Waals surface area contributed by atoms with E-state index in [-0.39, 0.29) is 24.7 Å². The number of carbonyl (C=O) groups is 3. The maximum absolute atomic E-state index is 11.6. The summed E-state index contributed by atoms with van der Waals surface area (Å²) in [6.07, 6.45) is -0.544. The number of hydrogen-bond acceptors (Lipinski definition) is 5. The van der Waals surface area contributed by atoms with Gasteiger partial charge in [0.1, 0.15) is 11.3 Å². The van der Waals surface area contributed by atoms with Crippen LogP contribution in [0.15, 0.2) is 6.07 Å². The second-order valence-corrected chi connectivity index (χ2v) is 5.83. The highest BCUT2D eigenvalue weighted by Crippen LogP contribution is 2.10. The normalized spacial score (nSPS) is 10.8. The zero-order valence-corrected chi connectivity index (χ0v) is 14.0. The third kappa shape index (κ3) is 6.37. The number of ether oxygens (including phenoxy) is 1. The highest BCUT2D eigenvalue weighted by molar-refractivity contribution is 5.95. The van der Waals surface area contributed by atoms with Crippen LogP contribution in [0, 0.1) is 0 Å². The quantitative estimate of drug-likeness (QED) is 0.707. The lowest BCUT2D eigenvalue weighted by molar-refractivity contribution is 0.0525. The van der Waals surface area contributed by atoms with Crippen molar-refractivity contribution in [2.45, 2.75) is 39.8 Å². The molecule has 1 rings (SSSR count). The van der Waals surface area contributed by atoms with E-state index in [0.717, 1.165) is 0 Å². The van der Waals surface area contributed by atoms with Crippen LogP contribution in [0.3, 0.4) is 0 Å². The van der Waals surface area contributed by atoms with Gasteiger partial charge >= 0.3 is 12.1 Å². The summed E-state index contributed by atoms with van der Waals surface area (Å²) in [5.41, 5.74) is -0.243. The number of carbonyl (C=O) groups excluding carboxylic acids is 3. The van der Waals surface area contributed by atoms with Crippen molar-refractivity contribution in [1.82, 2.24) is 20.4 Å².